The molecule has 2 aromatic rings. The number of hydrogen-bond donors (Lipinski definition) is 3. The minimum Gasteiger partial charge on any atom is -0.502 e. The lowest BCUT2D eigenvalue weighted by atomic mass is 10.0. The van der Waals surface area contributed by atoms with Crippen LogP contribution in [-0.4, -0.2) is 32.3 Å². The van der Waals surface area contributed by atoms with E-state index in [0.717, 1.165) is 5.56 Å². The van der Waals surface area contributed by atoms with Crippen LogP contribution in [0.5, 0.6) is 17.2 Å². The SMILES string of the molecule is CN=C(NCc1cc(OC)c(O)c(OC)c1)NC(C)c1ccccc1C. The number of methoxy groups -OCH3 is 2. The summed E-state index contributed by atoms with van der Waals surface area (Å²) in [6.07, 6.45) is 0. The zero-order valence-corrected chi connectivity index (χ0v) is 16.0. The van der Waals surface area contributed by atoms with Gasteiger partial charge >= 0.3 is 0 Å². The Morgan fingerprint density at radius 1 is 1.15 bits per heavy atom. The summed E-state index contributed by atoms with van der Waals surface area (Å²) in [4.78, 5) is 4.28. The second-order valence-corrected chi connectivity index (χ2v) is 6.00. The number of aliphatic imine (C=N–C) groups is 1. The molecular weight excluding hydrogens is 330 g/mol. The second-order valence-electron chi connectivity index (χ2n) is 6.00. The molecule has 0 spiro atoms. The fourth-order valence-corrected chi connectivity index (χ4v) is 2.79. The average Bonchev–Trinajstić information content (AvgIpc) is 2.65. The van der Waals surface area contributed by atoms with E-state index in [2.05, 4.69) is 41.6 Å². The third-order valence-electron chi connectivity index (χ3n) is 4.23. The summed E-state index contributed by atoms with van der Waals surface area (Å²) in [5.74, 6) is 1.43. The van der Waals surface area contributed by atoms with Crippen LogP contribution in [0.3, 0.4) is 0 Å². The number of benzene rings is 2. The van der Waals surface area contributed by atoms with Gasteiger partial charge in [0, 0.05) is 13.6 Å². The fraction of sp³-hybridized carbons (Fsp3) is 0.350. The number of nitrogens with one attached hydrogen (secondary N) is 2. The Hall–Kier alpha value is -2.89. The predicted octanol–water partition coefficient (Wildman–Crippen LogP) is 3.14. The predicted molar refractivity (Wildman–Crippen MR) is 104 cm³/mol. The van der Waals surface area contributed by atoms with Gasteiger partial charge in [0.2, 0.25) is 5.75 Å². The molecule has 1 atom stereocenters. The first-order valence-corrected chi connectivity index (χ1v) is 8.46. The van der Waals surface area contributed by atoms with Gasteiger partial charge in [-0.15, -0.1) is 0 Å². The molecule has 0 heterocycles. The molecule has 140 valence electrons. The van der Waals surface area contributed by atoms with Crippen LogP contribution in [0.15, 0.2) is 41.4 Å². The average molecular weight is 357 g/mol. The quantitative estimate of drug-likeness (QED) is 0.547. The van der Waals surface area contributed by atoms with Crippen LogP contribution in [0.2, 0.25) is 0 Å². The molecule has 1 unspecified atom stereocenters. The molecule has 0 aliphatic carbocycles. The van der Waals surface area contributed by atoms with Gasteiger partial charge in [-0.1, -0.05) is 24.3 Å². The van der Waals surface area contributed by atoms with Gasteiger partial charge in [0.05, 0.1) is 20.3 Å². The Kier molecular flexibility index (Phi) is 6.72. The molecule has 6 heteroatoms. The van der Waals surface area contributed by atoms with Crippen molar-refractivity contribution in [1.29, 1.82) is 0 Å². The van der Waals surface area contributed by atoms with E-state index < -0.39 is 0 Å². The van der Waals surface area contributed by atoms with Gasteiger partial charge in [-0.2, -0.15) is 0 Å². The van der Waals surface area contributed by atoms with Crippen LogP contribution >= 0.6 is 0 Å². The molecule has 0 radical (unpaired) electrons. The molecule has 0 fully saturated rings. The van der Waals surface area contributed by atoms with Gasteiger partial charge in [-0.25, -0.2) is 0 Å². The minimum atomic E-state index is -0.00516. The van der Waals surface area contributed by atoms with E-state index in [1.54, 1.807) is 19.2 Å². The maximum absolute atomic E-state index is 10.0. The number of aromatic hydroxyl groups is 1. The Morgan fingerprint density at radius 3 is 2.31 bits per heavy atom. The topological polar surface area (TPSA) is 75.1 Å². The molecular formula is C20H27N3O3. The lowest BCUT2D eigenvalue weighted by Gasteiger charge is -2.20. The highest BCUT2D eigenvalue weighted by molar-refractivity contribution is 5.80. The number of aryl methyl sites for hydroxylation is 1. The maximum Gasteiger partial charge on any atom is 0.200 e. The molecule has 6 nitrogen and oxygen atoms in total. The summed E-state index contributed by atoms with van der Waals surface area (Å²) in [7, 11) is 4.75. The van der Waals surface area contributed by atoms with E-state index in [0.29, 0.717) is 24.0 Å². The van der Waals surface area contributed by atoms with E-state index in [1.807, 2.05) is 12.1 Å². The van der Waals surface area contributed by atoms with Crippen molar-refractivity contribution in [3.8, 4) is 17.2 Å². The Labute approximate surface area is 154 Å². The van der Waals surface area contributed by atoms with Crippen molar-refractivity contribution >= 4 is 5.96 Å². The van der Waals surface area contributed by atoms with Gasteiger partial charge in [0.1, 0.15) is 0 Å². The number of ether oxygens (including phenoxy) is 2. The molecule has 0 saturated carbocycles. The van der Waals surface area contributed by atoms with Crippen LogP contribution in [0, 0.1) is 6.92 Å². The zero-order valence-electron chi connectivity index (χ0n) is 16.0. The molecule has 0 aliphatic rings. The van der Waals surface area contributed by atoms with Gasteiger partial charge in [-0.05, 0) is 42.7 Å². The molecule has 2 rings (SSSR count). The van der Waals surface area contributed by atoms with Crippen LogP contribution in [-0.2, 0) is 6.54 Å². The normalized spacial score (nSPS) is 12.4. The molecule has 0 amide bonds. The lowest BCUT2D eigenvalue weighted by molar-refractivity contribution is 0.339. The third-order valence-corrected chi connectivity index (χ3v) is 4.23. The van der Waals surface area contributed by atoms with Crippen molar-refractivity contribution in [1.82, 2.24) is 10.6 Å². The van der Waals surface area contributed by atoms with Gasteiger partial charge in [0.15, 0.2) is 17.5 Å². The van der Waals surface area contributed by atoms with E-state index >= 15 is 0 Å². The highest BCUT2D eigenvalue weighted by atomic mass is 16.5. The monoisotopic (exact) mass is 357 g/mol. The van der Waals surface area contributed by atoms with Gasteiger partial charge < -0.3 is 25.2 Å². The summed E-state index contributed by atoms with van der Waals surface area (Å²) in [5.41, 5.74) is 3.36. The Balaban J connectivity index is 2.06. The second kappa shape index (κ2) is 8.99. The fourth-order valence-electron chi connectivity index (χ4n) is 2.79. The Morgan fingerprint density at radius 2 is 1.77 bits per heavy atom. The Bertz CT molecular complexity index is 750. The summed E-state index contributed by atoms with van der Waals surface area (Å²) in [5, 5.41) is 16.7. The molecule has 0 bridgehead atoms. The highest BCUT2D eigenvalue weighted by Gasteiger charge is 2.13. The van der Waals surface area contributed by atoms with Gasteiger partial charge in [-0.3, -0.25) is 4.99 Å². The molecule has 0 aliphatic heterocycles. The van der Waals surface area contributed by atoms with E-state index in [9.17, 15) is 5.11 Å². The van der Waals surface area contributed by atoms with E-state index in [4.69, 9.17) is 9.47 Å². The number of guanidine groups is 1. The van der Waals surface area contributed by atoms with Gasteiger partial charge in [0.25, 0.3) is 0 Å². The largest absolute Gasteiger partial charge is 0.502 e. The van der Waals surface area contributed by atoms with E-state index in [-0.39, 0.29) is 11.8 Å². The van der Waals surface area contributed by atoms with Crippen LogP contribution in [0.25, 0.3) is 0 Å². The van der Waals surface area contributed by atoms with Crippen molar-refractivity contribution in [3.05, 3.63) is 53.1 Å². The maximum atomic E-state index is 10.0. The van der Waals surface area contributed by atoms with Crippen LogP contribution in [0.4, 0.5) is 0 Å². The summed E-state index contributed by atoms with van der Waals surface area (Å²) >= 11 is 0. The van der Waals surface area contributed by atoms with Crippen molar-refractivity contribution in [2.24, 2.45) is 4.99 Å². The first-order valence-electron chi connectivity index (χ1n) is 8.46. The van der Waals surface area contributed by atoms with Crippen molar-refractivity contribution in [3.63, 3.8) is 0 Å². The van der Waals surface area contributed by atoms with E-state index in [1.165, 1.54) is 25.3 Å². The summed E-state index contributed by atoms with van der Waals surface area (Å²) < 4.78 is 10.4. The molecule has 26 heavy (non-hydrogen) atoms. The van der Waals surface area contributed by atoms with Crippen molar-refractivity contribution < 1.29 is 14.6 Å². The molecule has 3 N–H and O–H groups in total. The smallest absolute Gasteiger partial charge is 0.200 e. The summed E-state index contributed by atoms with van der Waals surface area (Å²) in [6, 6.07) is 11.9. The number of hydrogen-bond acceptors (Lipinski definition) is 4. The number of nitrogens with zero attached hydrogens (tertiary/aromatic N) is 1. The van der Waals surface area contributed by atoms with Crippen molar-refractivity contribution in [2.75, 3.05) is 21.3 Å². The number of phenols is 1. The molecule has 0 saturated heterocycles. The van der Waals surface area contributed by atoms with Crippen molar-refractivity contribution in [2.45, 2.75) is 26.4 Å². The molecule has 2 aromatic carbocycles. The van der Waals surface area contributed by atoms with Crippen LogP contribution < -0.4 is 20.1 Å². The molecule has 0 aromatic heterocycles. The zero-order chi connectivity index (χ0) is 19.1. The first-order chi connectivity index (χ1) is 12.5. The first kappa shape index (κ1) is 19.4. The standard InChI is InChI=1S/C20H27N3O3/c1-13-8-6-7-9-16(13)14(2)23-20(21-3)22-12-15-10-17(25-4)19(24)18(11-15)26-5/h6-11,14,24H,12H2,1-5H3,(H2,21,22,23). The third kappa shape index (κ3) is 4.59. The van der Waals surface area contributed by atoms with Crippen LogP contribution in [0.1, 0.15) is 29.7 Å². The number of phenolic OH excluding ortho intramolecular Hbond substituents is 1. The highest BCUT2D eigenvalue weighted by Crippen LogP contribution is 2.37. The lowest BCUT2D eigenvalue weighted by Crippen LogP contribution is -2.38. The minimum absolute atomic E-state index is 0.00516. The number of rotatable bonds is 6. The summed E-state index contributed by atoms with van der Waals surface area (Å²) in [6.45, 7) is 4.70.